The molecule has 7 N–H and O–H groups in total. The third-order valence-corrected chi connectivity index (χ3v) is 8.58. The average molecular weight is 711 g/mol. The van der Waals surface area contributed by atoms with Crippen molar-refractivity contribution in [3.05, 3.63) is 105 Å². The fourth-order valence-corrected chi connectivity index (χ4v) is 6.09. The van der Waals surface area contributed by atoms with Crippen LogP contribution in [0.3, 0.4) is 0 Å². The highest BCUT2D eigenvalue weighted by Gasteiger charge is 2.30. The van der Waals surface area contributed by atoms with Gasteiger partial charge in [0, 0.05) is 30.7 Å². The van der Waals surface area contributed by atoms with Gasteiger partial charge >= 0.3 is 5.97 Å². The van der Waals surface area contributed by atoms with Gasteiger partial charge in [-0.15, -0.1) is 0 Å². The van der Waals surface area contributed by atoms with E-state index in [0.29, 0.717) is 16.7 Å². The van der Waals surface area contributed by atoms with Crippen molar-refractivity contribution in [1.29, 1.82) is 5.41 Å². The number of rotatable bonds is 17. The quantitative estimate of drug-likeness (QED) is 0.0393. The highest BCUT2D eigenvalue weighted by atomic mass is 32.2. The van der Waals surface area contributed by atoms with Crippen LogP contribution in [0.25, 0.3) is 0 Å². The van der Waals surface area contributed by atoms with Crippen LogP contribution in [-0.4, -0.2) is 59.8 Å². The van der Waals surface area contributed by atoms with Crippen LogP contribution in [0.4, 0.5) is 5.69 Å². The molecule has 3 aromatic carbocycles. The molecule has 0 unspecified atom stereocenters. The summed E-state index contributed by atoms with van der Waals surface area (Å²) in [6.45, 7) is 5.11. The number of hydrogen-bond acceptors (Lipinski definition) is 10. The van der Waals surface area contributed by atoms with Crippen molar-refractivity contribution in [1.82, 2.24) is 15.4 Å². The number of nitrogens with one attached hydrogen (secondary N) is 4. The van der Waals surface area contributed by atoms with Gasteiger partial charge in [0.1, 0.15) is 29.3 Å². The number of carbonyl (C=O) groups excluding carboxylic acids is 3. The summed E-state index contributed by atoms with van der Waals surface area (Å²) in [4.78, 5) is 50.1. The van der Waals surface area contributed by atoms with Gasteiger partial charge in [-0.2, -0.15) is 0 Å². The van der Waals surface area contributed by atoms with Crippen LogP contribution in [0.2, 0.25) is 0 Å². The highest BCUT2D eigenvalue weighted by Crippen LogP contribution is 2.17. The first-order valence-electron chi connectivity index (χ1n) is 15.7. The number of sulfonamides is 1. The molecule has 0 saturated carbocycles. The second-order valence-corrected chi connectivity index (χ2v) is 14.3. The number of phenols is 1. The molecule has 3 aromatic rings. The summed E-state index contributed by atoms with van der Waals surface area (Å²) in [7, 11) is -4.20. The van der Waals surface area contributed by atoms with Crippen LogP contribution in [0.5, 0.6) is 5.75 Å². The molecule has 16 heteroatoms. The van der Waals surface area contributed by atoms with E-state index in [2.05, 4.69) is 15.4 Å². The van der Waals surface area contributed by atoms with Gasteiger partial charge in [-0.3, -0.25) is 29.9 Å². The zero-order valence-corrected chi connectivity index (χ0v) is 28.8. The summed E-state index contributed by atoms with van der Waals surface area (Å²) in [6, 6.07) is 15.0. The molecule has 0 spiro atoms. The van der Waals surface area contributed by atoms with E-state index in [4.69, 9.17) is 15.9 Å². The zero-order valence-electron chi connectivity index (χ0n) is 28.0. The van der Waals surface area contributed by atoms with Crippen molar-refractivity contribution in [2.24, 2.45) is 5.73 Å². The van der Waals surface area contributed by atoms with Gasteiger partial charge in [-0.25, -0.2) is 13.1 Å². The number of benzene rings is 3. The minimum absolute atomic E-state index is 0.0282. The van der Waals surface area contributed by atoms with Crippen LogP contribution >= 0.6 is 0 Å². The topological polar surface area (TPSA) is 244 Å². The van der Waals surface area contributed by atoms with Gasteiger partial charge in [0.05, 0.1) is 10.7 Å². The molecule has 0 radical (unpaired) electrons. The molecule has 2 atom stereocenters. The molecule has 0 aliphatic heterocycles. The molecular weight excluding hydrogens is 668 g/mol. The first-order valence-corrected chi connectivity index (χ1v) is 17.3. The van der Waals surface area contributed by atoms with Crippen molar-refractivity contribution in [3.63, 3.8) is 0 Å². The minimum Gasteiger partial charge on any atom is -0.508 e. The van der Waals surface area contributed by atoms with E-state index in [-0.39, 0.29) is 55.1 Å². The third-order valence-electron chi connectivity index (χ3n) is 7.22. The molecule has 15 nitrogen and oxygen atoms in total. The number of esters is 1. The lowest BCUT2D eigenvalue weighted by atomic mass is 10.0. The Morgan fingerprint density at radius 1 is 0.900 bits per heavy atom. The van der Waals surface area contributed by atoms with Crippen LogP contribution < -0.4 is 21.1 Å². The fraction of sp³-hybridized carbons (Fsp3) is 0.353. The second kappa shape index (κ2) is 17.3. The molecule has 0 aliphatic rings. The standard InChI is InChI=1S/C34H42N6O9S/c1-34(2,3)49-30(42)19-18-28(32(43)37-20-23-4-11-25(12-5-23)31(35)36)38-33(44)29(17-10-22-8-15-27(41)16-9-22)39-50(47,48)21-24-6-13-26(14-7-24)40(45)46/h4-9,11-16,28-29,39,41H,10,17-21H2,1-3H3,(H3,35,36)(H,37,43)(H,38,44)/t28-,29+/m0/s1. The monoisotopic (exact) mass is 710 g/mol. The maximum absolute atomic E-state index is 13.8. The van der Waals surface area contributed by atoms with Crippen LogP contribution in [0.1, 0.15) is 62.3 Å². The summed E-state index contributed by atoms with van der Waals surface area (Å²) in [5.74, 6) is -2.74. The van der Waals surface area contributed by atoms with Crippen LogP contribution in [0, 0.1) is 15.5 Å². The zero-order chi connectivity index (χ0) is 37.1. The van der Waals surface area contributed by atoms with Crippen molar-refractivity contribution in [3.8, 4) is 5.75 Å². The summed E-state index contributed by atoms with van der Waals surface area (Å²) in [5, 5.41) is 33.5. The number of amidine groups is 1. The predicted molar refractivity (Wildman–Crippen MR) is 185 cm³/mol. The predicted octanol–water partition coefficient (Wildman–Crippen LogP) is 2.93. The van der Waals surface area contributed by atoms with Crippen molar-refractivity contribution >= 4 is 39.3 Å². The van der Waals surface area contributed by atoms with E-state index in [9.17, 15) is 38.0 Å². The number of amides is 2. The molecular formula is C34H42N6O9S. The number of nitrogen functional groups attached to an aromatic ring is 1. The lowest BCUT2D eigenvalue weighted by Gasteiger charge is -2.24. The van der Waals surface area contributed by atoms with E-state index in [1.807, 2.05) is 0 Å². The van der Waals surface area contributed by atoms with E-state index in [1.165, 1.54) is 36.4 Å². The Bertz CT molecular complexity index is 1770. The molecule has 268 valence electrons. The summed E-state index contributed by atoms with van der Waals surface area (Å²) >= 11 is 0. The number of carbonyl (C=O) groups is 3. The summed E-state index contributed by atoms with van der Waals surface area (Å²) in [5.41, 5.74) is 6.62. The van der Waals surface area contributed by atoms with Crippen molar-refractivity contribution in [2.75, 3.05) is 0 Å². The van der Waals surface area contributed by atoms with Gasteiger partial charge in [0.15, 0.2) is 0 Å². The van der Waals surface area contributed by atoms with Gasteiger partial charge in [-0.05, 0) is 68.9 Å². The Hall–Kier alpha value is -5.35. The molecule has 0 aromatic heterocycles. The van der Waals surface area contributed by atoms with Gasteiger partial charge < -0.3 is 26.2 Å². The molecule has 0 bridgehead atoms. The third kappa shape index (κ3) is 13.3. The number of ether oxygens (including phenoxy) is 1. The summed E-state index contributed by atoms with van der Waals surface area (Å²) < 4.78 is 34.3. The van der Waals surface area contributed by atoms with Crippen molar-refractivity contribution < 1.29 is 37.6 Å². The number of nitro groups is 1. The number of nitrogens with zero attached hydrogens (tertiary/aromatic N) is 1. The van der Waals surface area contributed by atoms with Gasteiger partial charge in [0.2, 0.25) is 21.8 Å². The minimum atomic E-state index is -4.20. The van der Waals surface area contributed by atoms with E-state index < -0.39 is 56.2 Å². The maximum Gasteiger partial charge on any atom is 0.306 e. The number of nitrogens with two attached hydrogens (primary N) is 1. The first kappa shape index (κ1) is 39.1. The van der Waals surface area contributed by atoms with Crippen LogP contribution in [0.15, 0.2) is 72.8 Å². The van der Waals surface area contributed by atoms with E-state index >= 15 is 0 Å². The molecule has 2 amide bonds. The first-order chi connectivity index (χ1) is 23.4. The lowest BCUT2D eigenvalue weighted by Crippen LogP contribution is -2.54. The Morgan fingerprint density at radius 2 is 1.48 bits per heavy atom. The number of aryl methyl sites for hydroxylation is 1. The van der Waals surface area contributed by atoms with Gasteiger partial charge in [0.25, 0.3) is 5.69 Å². The second-order valence-electron chi connectivity index (χ2n) is 12.6. The maximum atomic E-state index is 13.8. The lowest BCUT2D eigenvalue weighted by molar-refractivity contribution is -0.384. The molecule has 50 heavy (non-hydrogen) atoms. The Balaban J connectivity index is 1.82. The normalized spacial score (nSPS) is 12.7. The van der Waals surface area contributed by atoms with E-state index in [1.54, 1.807) is 57.2 Å². The molecule has 3 rings (SSSR count). The Morgan fingerprint density at radius 3 is 2.04 bits per heavy atom. The number of non-ortho nitro benzene ring substituents is 1. The highest BCUT2D eigenvalue weighted by molar-refractivity contribution is 7.88. The SMILES string of the molecule is CC(C)(C)OC(=O)CC[C@H](NC(=O)[C@@H](CCc1ccc(O)cc1)NS(=O)(=O)Cc1ccc([N+](=O)[O-])cc1)C(=O)NCc1ccc(C(=N)N)cc1. The van der Waals surface area contributed by atoms with Crippen LogP contribution in [-0.2, 0) is 47.9 Å². The number of nitro benzene ring substituents is 1. The Kier molecular flexibility index (Phi) is 13.6. The largest absolute Gasteiger partial charge is 0.508 e. The molecule has 0 aliphatic carbocycles. The number of aromatic hydroxyl groups is 1. The molecule has 0 fully saturated rings. The fourth-order valence-electron chi connectivity index (χ4n) is 4.72. The number of phenolic OH excluding ortho intramolecular Hbond substituents is 1. The van der Waals surface area contributed by atoms with E-state index in [0.717, 1.165) is 0 Å². The Labute approximate surface area is 290 Å². The van der Waals surface area contributed by atoms with Gasteiger partial charge in [-0.1, -0.05) is 48.5 Å². The summed E-state index contributed by atoms with van der Waals surface area (Å²) in [6.07, 6.45) is -0.217. The molecule has 0 heterocycles. The average Bonchev–Trinajstić information content (AvgIpc) is 3.03. The molecule has 0 saturated heterocycles. The number of hydrogen-bond donors (Lipinski definition) is 6. The smallest absolute Gasteiger partial charge is 0.306 e. The van der Waals surface area contributed by atoms with Crippen molar-refractivity contribution in [2.45, 2.75) is 76.4 Å².